The van der Waals surface area contributed by atoms with Gasteiger partial charge in [-0.05, 0) is 43.5 Å². The second kappa shape index (κ2) is 13.0. The fourth-order valence-electron chi connectivity index (χ4n) is 1.83. The third kappa shape index (κ3) is 9.50. The molecule has 2 rings (SSSR count). The second-order valence-corrected chi connectivity index (χ2v) is 4.70. The van der Waals surface area contributed by atoms with E-state index in [-0.39, 0.29) is 70.6 Å². The van der Waals surface area contributed by atoms with Gasteiger partial charge >= 0.3 is 59.1 Å². The molecule has 0 spiro atoms. The van der Waals surface area contributed by atoms with E-state index in [4.69, 9.17) is 9.47 Å². The van der Waals surface area contributed by atoms with Crippen molar-refractivity contribution >= 4 is 0 Å². The van der Waals surface area contributed by atoms with Crippen LogP contribution in [0.1, 0.15) is 19.3 Å². The predicted molar refractivity (Wildman–Crippen MR) is 76.6 cm³/mol. The third-order valence-electron chi connectivity index (χ3n) is 2.97. The zero-order chi connectivity index (χ0) is 14.9. The van der Waals surface area contributed by atoms with Gasteiger partial charge in [-0.1, -0.05) is 24.3 Å². The Morgan fingerprint density at radius 2 is 0.913 bits per heavy atom. The summed E-state index contributed by atoms with van der Waals surface area (Å²) < 4.78 is 11.0. The van der Waals surface area contributed by atoms with Gasteiger partial charge in [0, 0.05) is 0 Å². The van der Waals surface area contributed by atoms with Crippen LogP contribution in [0.2, 0.25) is 0 Å². The Hall–Kier alpha value is -0.360. The van der Waals surface area contributed by atoms with Crippen LogP contribution in [-0.4, -0.2) is 13.2 Å². The van der Waals surface area contributed by atoms with Gasteiger partial charge < -0.3 is 19.7 Å². The molecule has 0 heterocycles. The van der Waals surface area contributed by atoms with Gasteiger partial charge in [-0.3, -0.25) is 0 Å². The van der Waals surface area contributed by atoms with Crippen molar-refractivity contribution < 1.29 is 78.8 Å². The summed E-state index contributed by atoms with van der Waals surface area (Å²) in [5.41, 5.74) is 0. The summed E-state index contributed by atoms with van der Waals surface area (Å²) in [5, 5.41) is 21.8. The molecule has 2 aromatic carbocycles. The van der Waals surface area contributed by atoms with Gasteiger partial charge in [-0.15, -0.1) is 11.5 Å². The van der Waals surface area contributed by atoms with Crippen molar-refractivity contribution in [2.45, 2.75) is 19.3 Å². The van der Waals surface area contributed by atoms with E-state index in [2.05, 4.69) is 0 Å². The molecule has 112 valence electrons. The molecule has 0 aliphatic rings. The van der Waals surface area contributed by atoms with Crippen molar-refractivity contribution in [2.75, 3.05) is 13.2 Å². The molecule has 0 aliphatic carbocycles. The number of hydrogen-bond acceptors (Lipinski definition) is 4. The summed E-state index contributed by atoms with van der Waals surface area (Å²) in [6.07, 6.45) is 2.86. The topological polar surface area (TPSA) is 64.6 Å². The van der Waals surface area contributed by atoms with Crippen molar-refractivity contribution in [3.63, 3.8) is 0 Å². The molecule has 0 N–H and O–H groups in total. The molecular formula is C17H18Na2O4. The molecule has 23 heavy (non-hydrogen) atoms. The first-order chi connectivity index (χ1) is 10.2. The zero-order valence-corrected chi connectivity index (χ0v) is 17.8. The average Bonchev–Trinajstić information content (AvgIpc) is 2.50. The zero-order valence-electron chi connectivity index (χ0n) is 13.8. The summed E-state index contributed by atoms with van der Waals surface area (Å²) in [7, 11) is 0. The van der Waals surface area contributed by atoms with E-state index in [0.717, 1.165) is 30.8 Å². The largest absolute Gasteiger partial charge is 1.00 e. The molecule has 0 aliphatic heterocycles. The number of ether oxygens (including phenoxy) is 2. The summed E-state index contributed by atoms with van der Waals surface area (Å²) in [6.45, 7) is 1.26. The van der Waals surface area contributed by atoms with Gasteiger partial charge in [0.1, 0.15) is 11.5 Å². The minimum atomic E-state index is -0.00971. The van der Waals surface area contributed by atoms with Crippen LogP contribution in [0.4, 0.5) is 0 Å². The van der Waals surface area contributed by atoms with Gasteiger partial charge in [0.25, 0.3) is 0 Å². The van der Waals surface area contributed by atoms with E-state index in [1.54, 1.807) is 24.3 Å². The summed E-state index contributed by atoms with van der Waals surface area (Å²) >= 11 is 0. The van der Waals surface area contributed by atoms with Crippen LogP contribution in [0.5, 0.6) is 23.0 Å². The Bertz CT molecular complexity index is 480. The summed E-state index contributed by atoms with van der Waals surface area (Å²) in [6, 6.07) is 12.7. The quantitative estimate of drug-likeness (QED) is 0.371. The SMILES string of the molecule is [Na+].[Na+].[O-]c1ccc(OCCCCCOc2ccc([O-])cc2)cc1. The van der Waals surface area contributed by atoms with Gasteiger partial charge in [-0.25, -0.2) is 0 Å². The first-order valence-electron chi connectivity index (χ1n) is 7.04. The van der Waals surface area contributed by atoms with Crippen LogP contribution in [0, 0.1) is 0 Å². The Kier molecular flexibility index (Phi) is 12.8. The van der Waals surface area contributed by atoms with E-state index in [1.807, 2.05) is 0 Å². The van der Waals surface area contributed by atoms with Crippen LogP contribution < -0.4 is 78.8 Å². The number of rotatable bonds is 8. The molecule has 0 saturated carbocycles. The smallest absolute Gasteiger partial charge is 0.872 e. The first-order valence-corrected chi connectivity index (χ1v) is 7.04. The van der Waals surface area contributed by atoms with E-state index in [1.165, 1.54) is 24.3 Å². The first kappa shape index (κ1) is 22.6. The molecule has 0 radical (unpaired) electrons. The van der Waals surface area contributed by atoms with Crippen molar-refractivity contribution in [1.29, 1.82) is 0 Å². The maximum atomic E-state index is 10.9. The van der Waals surface area contributed by atoms with Crippen LogP contribution in [0.15, 0.2) is 48.5 Å². The summed E-state index contributed by atoms with van der Waals surface area (Å²) in [5.74, 6) is 1.43. The number of unbranched alkanes of at least 4 members (excludes halogenated alkanes) is 2. The minimum absolute atomic E-state index is 0. The minimum Gasteiger partial charge on any atom is -0.872 e. The van der Waals surface area contributed by atoms with Gasteiger partial charge in [0.05, 0.1) is 13.2 Å². The van der Waals surface area contributed by atoms with Crippen LogP contribution in [0.25, 0.3) is 0 Å². The monoisotopic (exact) mass is 332 g/mol. The molecule has 0 amide bonds. The number of hydrogen-bond donors (Lipinski definition) is 0. The number of benzene rings is 2. The van der Waals surface area contributed by atoms with Gasteiger partial charge in [-0.2, -0.15) is 0 Å². The van der Waals surface area contributed by atoms with E-state index >= 15 is 0 Å². The molecule has 0 aromatic heterocycles. The van der Waals surface area contributed by atoms with Crippen molar-refractivity contribution in [2.24, 2.45) is 0 Å². The van der Waals surface area contributed by atoms with Crippen molar-refractivity contribution in [3.05, 3.63) is 48.5 Å². The Morgan fingerprint density at radius 3 is 1.26 bits per heavy atom. The fourth-order valence-corrected chi connectivity index (χ4v) is 1.83. The summed E-state index contributed by atoms with van der Waals surface area (Å²) in [4.78, 5) is 0. The van der Waals surface area contributed by atoms with Crippen molar-refractivity contribution in [3.8, 4) is 23.0 Å². The van der Waals surface area contributed by atoms with Crippen LogP contribution >= 0.6 is 0 Å². The molecule has 0 unspecified atom stereocenters. The van der Waals surface area contributed by atoms with Crippen LogP contribution in [-0.2, 0) is 0 Å². The van der Waals surface area contributed by atoms with Gasteiger partial charge in [0.2, 0.25) is 0 Å². The third-order valence-corrected chi connectivity index (χ3v) is 2.97. The Balaban J connectivity index is 0.00000242. The maximum Gasteiger partial charge on any atom is 1.00 e. The molecule has 0 bridgehead atoms. The van der Waals surface area contributed by atoms with Crippen molar-refractivity contribution in [1.82, 2.24) is 0 Å². The molecule has 0 saturated heterocycles. The maximum absolute atomic E-state index is 10.9. The second-order valence-electron chi connectivity index (χ2n) is 4.70. The van der Waals surface area contributed by atoms with E-state index < -0.39 is 0 Å². The fraction of sp³-hybridized carbons (Fsp3) is 0.294. The molecule has 0 atom stereocenters. The molecule has 0 fully saturated rings. The molecular weight excluding hydrogens is 314 g/mol. The Labute approximate surface area is 181 Å². The normalized spacial score (nSPS) is 9.39. The standard InChI is InChI=1S/C17H20O4.2Na/c18-14-4-8-16(9-5-14)20-12-2-1-3-13-21-17-10-6-15(19)7-11-17;;/h4-11,18-19H,1-3,12-13H2;;/q;2*+1/p-2. The molecule has 6 heteroatoms. The van der Waals surface area contributed by atoms with E-state index in [0.29, 0.717) is 13.2 Å². The van der Waals surface area contributed by atoms with Crippen LogP contribution in [0.3, 0.4) is 0 Å². The molecule has 4 nitrogen and oxygen atoms in total. The molecule has 2 aromatic rings. The predicted octanol–water partition coefficient (Wildman–Crippen LogP) is -3.53. The van der Waals surface area contributed by atoms with E-state index in [9.17, 15) is 10.2 Å². The van der Waals surface area contributed by atoms with Gasteiger partial charge in [0.15, 0.2) is 0 Å². The average molecular weight is 332 g/mol. The Morgan fingerprint density at radius 1 is 0.565 bits per heavy atom.